The molecule has 1 amide bonds. The van der Waals surface area contributed by atoms with E-state index >= 15 is 0 Å². The lowest BCUT2D eigenvalue weighted by atomic mass is 10.2. The number of amides is 1. The van der Waals surface area contributed by atoms with Gasteiger partial charge in [-0.3, -0.25) is 14.6 Å². The number of ether oxygens (including phenoxy) is 1. The van der Waals surface area contributed by atoms with Gasteiger partial charge in [-0.2, -0.15) is 0 Å². The Bertz CT molecular complexity index is 972. The van der Waals surface area contributed by atoms with Crippen LogP contribution in [0.5, 0.6) is 0 Å². The topological polar surface area (TPSA) is 45.7 Å². The van der Waals surface area contributed by atoms with Crippen LogP contribution in [0.4, 0.5) is 5.13 Å². The van der Waals surface area contributed by atoms with Crippen LogP contribution in [-0.2, 0) is 4.74 Å². The molecule has 4 rings (SSSR count). The highest BCUT2D eigenvalue weighted by Crippen LogP contribution is 2.31. The van der Waals surface area contributed by atoms with Crippen molar-refractivity contribution in [2.75, 3.05) is 44.3 Å². The fourth-order valence-corrected chi connectivity index (χ4v) is 4.48. The molecule has 2 heterocycles. The van der Waals surface area contributed by atoms with Gasteiger partial charge in [0, 0.05) is 36.8 Å². The first kappa shape index (κ1) is 22.0. The number of benzene rings is 2. The Hall–Kier alpha value is -1.70. The molecule has 0 unspecified atom stereocenters. The number of anilines is 1. The van der Waals surface area contributed by atoms with Gasteiger partial charge in [0.05, 0.1) is 23.4 Å². The summed E-state index contributed by atoms with van der Waals surface area (Å²) in [6.07, 6.45) is 0. The minimum Gasteiger partial charge on any atom is -0.379 e. The van der Waals surface area contributed by atoms with Gasteiger partial charge in [0.15, 0.2) is 5.13 Å². The van der Waals surface area contributed by atoms with Gasteiger partial charge in [-0.15, -0.1) is 12.4 Å². The lowest BCUT2D eigenvalue weighted by molar-refractivity contribution is 0.0391. The quantitative estimate of drug-likeness (QED) is 0.565. The molecule has 8 heteroatoms. The molecule has 0 N–H and O–H groups in total. The summed E-state index contributed by atoms with van der Waals surface area (Å²) in [4.78, 5) is 22.2. The molecule has 3 aromatic rings. The summed E-state index contributed by atoms with van der Waals surface area (Å²) in [7, 11) is 0. The van der Waals surface area contributed by atoms with E-state index in [9.17, 15) is 4.79 Å². The lowest BCUT2D eigenvalue weighted by Crippen LogP contribution is -2.43. The van der Waals surface area contributed by atoms with Gasteiger partial charge in [-0.1, -0.05) is 35.1 Å². The number of hydrogen-bond acceptors (Lipinski definition) is 5. The summed E-state index contributed by atoms with van der Waals surface area (Å²) in [5.74, 6) is -0.0540. The van der Waals surface area contributed by atoms with Crippen molar-refractivity contribution >= 4 is 56.6 Å². The maximum atomic E-state index is 13.3. The van der Waals surface area contributed by atoms with E-state index in [0.29, 0.717) is 17.1 Å². The number of carbonyl (C=O) groups is 1. The number of morpholine rings is 1. The summed E-state index contributed by atoms with van der Waals surface area (Å²) >= 11 is 7.55. The Labute approximate surface area is 185 Å². The summed E-state index contributed by atoms with van der Waals surface area (Å²) in [6.45, 7) is 6.68. The minimum absolute atomic E-state index is 0. The zero-order valence-electron chi connectivity index (χ0n) is 16.1. The Balaban J connectivity index is 0.00000240. The molecule has 0 atom stereocenters. The Morgan fingerprint density at radius 2 is 1.93 bits per heavy atom. The third-order valence-electron chi connectivity index (χ3n) is 4.92. The average molecular weight is 452 g/mol. The van der Waals surface area contributed by atoms with Gasteiger partial charge in [0.2, 0.25) is 0 Å². The molecule has 0 saturated carbocycles. The minimum atomic E-state index is -0.0540. The maximum Gasteiger partial charge on any atom is 0.260 e. The number of aromatic nitrogens is 1. The summed E-state index contributed by atoms with van der Waals surface area (Å²) in [5.41, 5.74) is 2.69. The maximum absolute atomic E-state index is 13.3. The number of rotatable bonds is 5. The van der Waals surface area contributed by atoms with E-state index in [4.69, 9.17) is 21.3 Å². The molecule has 154 valence electrons. The van der Waals surface area contributed by atoms with Crippen LogP contribution in [0.25, 0.3) is 10.2 Å². The highest BCUT2D eigenvalue weighted by Gasteiger charge is 2.23. The number of fused-ring (bicyclic) bond motifs is 1. The van der Waals surface area contributed by atoms with Gasteiger partial charge < -0.3 is 4.74 Å². The van der Waals surface area contributed by atoms with E-state index < -0.39 is 0 Å². The van der Waals surface area contributed by atoms with Gasteiger partial charge in [-0.25, -0.2) is 4.98 Å². The zero-order valence-corrected chi connectivity index (χ0v) is 18.5. The second-order valence-electron chi connectivity index (χ2n) is 6.84. The van der Waals surface area contributed by atoms with Gasteiger partial charge in [-0.05, 0) is 42.8 Å². The van der Waals surface area contributed by atoms with E-state index in [1.54, 1.807) is 40.5 Å². The van der Waals surface area contributed by atoms with E-state index in [1.165, 1.54) is 0 Å². The molecule has 29 heavy (non-hydrogen) atoms. The predicted octanol–water partition coefficient (Wildman–Crippen LogP) is 4.66. The van der Waals surface area contributed by atoms with Crippen molar-refractivity contribution < 1.29 is 9.53 Å². The molecule has 1 aliphatic heterocycles. The zero-order chi connectivity index (χ0) is 19.5. The largest absolute Gasteiger partial charge is 0.379 e. The number of carbonyl (C=O) groups excluding carboxylic acids is 1. The molecule has 0 aliphatic carbocycles. The smallest absolute Gasteiger partial charge is 0.260 e. The van der Waals surface area contributed by atoms with Crippen LogP contribution in [0.2, 0.25) is 5.02 Å². The molecule has 1 aromatic heterocycles. The fourth-order valence-electron chi connectivity index (χ4n) is 3.29. The SMILES string of the molecule is Cc1cccc2sc(N(CCN3CCOCC3)C(=O)c3ccc(Cl)cc3)nc12.Cl. The molecular weight excluding hydrogens is 429 g/mol. The molecule has 0 spiro atoms. The molecule has 1 saturated heterocycles. The van der Waals surface area contributed by atoms with Crippen molar-refractivity contribution in [1.29, 1.82) is 0 Å². The molecule has 0 bridgehead atoms. The first-order valence-corrected chi connectivity index (χ1v) is 10.5. The van der Waals surface area contributed by atoms with Crippen LogP contribution in [0.1, 0.15) is 15.9 Å². The van der Waals surface area contributed by atoms with E-state index in [2.05, 4.69) is 11.0 Å². The highest BCUT2D eigenvalue weighted by atomic mass is 35.5. The molecule has 0 radical (unpaired) electrons. The summed E-state index contributed by atoms with van der Waals surface area (Å²) in [6, 6.07) is 13.2. The predicted molar refractivity (Wildman–Crippen MR) is 122 cm³/mol. The van der Waals surface area contributed by atoms with Crippen LogP contribution in [0.3, 0.4) is 0 Å². The Morgan fingerprint density at radius 1 is 1.21 bits per heavy atom. The third kappa shape index (κ3) is 5.08. The van der Waals surface area contributed by atoms with E-state index in [0.717, 1.165) is 53.8 Å². The molecule has 1 fully saturated rings. The molecule has 1 aliphatic rings. The van der Waals surface area contributed by atoms with Crippen LogP contribution in [0, 0.1) is 6.92 Å². The van der Waals surface area contributed by atoms with Crippen LogP contribution in [0.15, 0.2) is 42.5 Å². The molecule has 5 nitrogen and oxygen atoms in total. The van der Waals surface area contributed by atoms with E-state index in [1.807, 2.05) is 19.1 Å². The number of nitrogens with zero attached hydrogens (tertiary/aromatic N) is 3. The number of halogens is 2. The van der Waals surface area contributed by atoms with Crippen LogP contribution < -0.4 is 4.90 Å². The molecule has 2 aromatic carbocycles. The summed E-state index contributed by atoms with van der Waals surface area (Å²) in [5, 5.41) is 1.35. The number of aryl methyl sites for hydroxylation is 1. The van der Waals surface area contributed by atoms with Crippen molar-refractivity contribution in [3.05, 3.63) is 58.6 Å². The lowest BCUT2D eigenvalue weighted by Gasteiger charge is -2.29. The normalized spacial score (nSPS) is 14.6. The first-order chi connectivity index (χ1) is 13.6. The van der Waals surface area contributed by atoms with Crippen molar-refractivity contribution in [3.8, 4) is 0 Å². The number of hydrogen-bond donors (Lipinski definition) is 0. The monoisotopic (exact) mass is 451 g/mol. The second kappa shape index (κ2) is 9.87. The number of para-hydroxylation sites is 1. The summed E-state index contributed by atoms with van der Waals surface area (Å²) < 4.78 is 6.52. The van der Waals surface area contributed by atoms with Crippen molar-refractivity contribution in [2.24, 2.45) is 0 Å². The fraction of sp³-hybridized carbons (Fsp3) is 0.333. The van der Waals surface area contributed by atoms with Gasteiger partial charge >= 0.3 is 0 Å². The number of thiazole rings is 1. The standard InChI is InChI=1S/C21H22ClN3O2S.ClH/c1-15-3-2-4-18-19(15)23-21(28-18)25(10-9-24-11-13-27-14-12-24)20(26)16-5-7-17(22)8-6-16;/h2-8H,9-14H2,1H3;1H. The molecular formula is C21H23Cl2N3O2S. The van der Waals surface area contributed by atoms with Crippen molar-refractivity contribution in [2.45, 2.75) is 6.92 Å². The Kier molecular flexibility index (Phi) is 7.49. The van der Waals surface area contributed by atoms with Gasteiger partial charge in [0.1, 0.15) is 0 Å². The van der Waals surface area contributed by atoms with Crippen molar-refractivity contribution in [1.82, 2.24) is 9.88 Å². The third-order valence-corrected chi connectivity index (χ3v) is 6.22. The second-order valence-corrected chi connectivity index (χ2v) is 8.28. The highest BCUT2D eigenvalue weighted by molar-refractivity contribution is 7.22. The first-order valence-electron chi connectivity index (χ1n) is 9.35. The van der Waals surface area contributed by atoms with E-state index in [-0.39, 0.29) is 18.3 Å². The van der Waals surface area contributed by atoms with Crippen LogP contribution in [-0.4, -0.2) is 55.2 Å². The van der Waals surface area contributed by atoms with Gasteiger partial charge in [0.25, 0.3) is 5.91 Å². The van der Waals surface area contributed by atoms with Crippen molar-refractivity contribution in [3.63, 3.8) is 0 Å². The Morgan fingerprint density at radius 3 is 2.62 bits per heavy atom. The average Bonchev–Trinajstić information content (AvgIpc) is 3.15. The van der Waals surface area contributed by atoms with Crippen LogP contribution >= 0.6 is 35.3 Å².